The van der Waals surface area contributed by atoms with Crippen LogP contribution in [-0.4, -0.2) is 34.6 Å². The Hall–Kier alpha value is -2.22. The Morgan fingerprint density at radius 1 is 1.42 bits per heavy atom. The van der Waals surface area contributed by atoms with Crippen LogP contribution < -0.4 is 16.1 Å². The van der Waals surface area contributed by atoms with Crippen LogP contribution in [0.15, 0.2) is 12.3 Å². The van der Waals surface area contributed by atoms with Crippen LogP contribution >= 0.6 is 0 Å². The topological polar surface area (TPSA) is 103 Å². The van der Waals surface area contributed by atoms with Gasteiger partial charge in [0.15, 0.2) is 11.6 Å². The van der Waals surface area contributed by atoms with E-state index < -0.39 is 17.3 Å². The van der Waals surface area contributed by atoms with Crippen molar-refractivity contribution in [2.45, 2.75) is 19.4 Å². The highest BCUT2D eigenvalue weighted by molar-refractivity contribution is 5.93. The normalized spacial score (nSPS) is 10.8. The van der Waals surface area contributed by atoms with Gasteiger partial charge < -0.3 is 10.6 Å². The van der Waals surface area contributed by atoms with Crippen LogP contribution in [0, 0.1) is 5.82 Å². The van der Waals surface area contributed by atoms with Crippen LogP contribution in [0.3, 0.4) is 0 Å². The van der Waals surface area contributed by atoms with Crippen molar-refractivity contribution in [2.24, 2.45) is 0 Å². The lowest BCUT2D eigenvalue weighted by atomic mass is 10.0. The van der Waals surface area contributed by atoms with Gasteiger partial charge in [-0.2, -0.15) is 0 Å². The van der Waals surface area contributed by atoms with E-state index in [0.29, 0.717) is 0 Å². The first-order valence-corrected chi connectivity index (χ1v) is 5.42. The number of carbonyl (C=O) groups excluding carboxylic acids is 2. The van der Waals surface area contributed by atoms with E-state index in [9.17, 15) is 14.0 Å². The molecule has 0 aliphatic heterocycles. The monoisotopic (exact) mass is 270 g/mol. The van der Waals surface area contributed by atoms with E-state index in [1.807, 2.05) is 0 Å². The summed E-state index contributed by atoms with van der Waals surface area (Å²) in [5.74, 6) is -2.18. The average molecular weight is 270 g/mol. The van der Waals surface area contributed by atoms with Crippen LogP contribution in [0.2, 0.25) is 0 Å². The molecule has 4 N–H and O–H groups in total. The summed E-state index contributed by atoms with van der Waals surface area (Å²) >= 11 is 0. The quantitative estimate of drug-likeness (QED) is 0.464. The number of hydrogen-bond donors (Lipinski definition) is 4. The number of carbonyl (C=O) groups is 2. The van der Waals surface area contributed by atoms with Gasteiger partial charge in [-0.15, -0.1) is 0 Å². The van der Waals surface area contributed by atoms with E-state index >= 15 is 0 Å². The minimum absolute atomic E-state index is 0.136. The van der Waals surface area contributed by atoms with Crippen molar-refractivity contribution < 1.29 is 19.2 Å². The van der Waals surface area contributed by atoms with Crippen LogP contribution in [0.1, 0.15) is 24.2 Å². The molecule has 0 aliphatic carbocycles. The molecule has 0 saturated heterocycles. The van der Waals surface area contributed by atoms with E-state index in [1.54, 1.807) is 13.8 Å². The van der Waals surface area contributed by atoms with Gasteiger partial charge in [0.05, 0.1) is 5.56 Å². The van der Waals surface area contributed by atoms with Crippen molar-refractivity contribution in [1.82, 2.24) is 15.8 Å². The maximum absolute atomic E-state index is 13.7. The summed E-state index contributed by atoms with van der Waals surface area (Å²) in [4.78, 5) is 26.3. The highest BCUT2D eigenvalue weighted by Gasteiger charge is 2.28. The molecule has 19 heavy (non-hydrogen) atoms. The van der Waals surface area contributed by atoms with Crippen LogP contribution in [0.4, 0.5) is 10.2 Å². The minimum Gasteiger partial charge on any atom is -0.357 e. The number of hydroxylamine groups is 1. The molecule has 0 bridgehead atoms. The number of pyridine rings is 1. The largest absolute Gasteiger partial charge is 0.357 e. The first-order chi connectivity index (χ1) is 8.81. The molecule has 0 spiro atoms. The van der Waals surface area contributed by atoms with Crippen molar-refractivity contribution in [3.05, 3.63) is 23.6 Å². The Labute approximate surface area is 109 Å². The predicted molar refractivity (Wildman–Crippen MR) is 65.2 cm³/mol. The molecule has 0 saturated carbocycles. The Balaban J connectivity index is 2.98. The second kappa shape index (κ2) is 5.61. The second-order valence-electron chi connectivity index (χ2n) is 4.32. The van der Waals surface area contributed by atoms with Crippen molar-refractivity contribution in [3.63, 3.8) is 0 Å². The van der Waals surface area contributed by atoms with E-state index in [-0.39, 0.29) is 17.3 Å². The Bertz CT molecular complexity index is 505. The third-order valence-corrected chi connectivity index (χ3v) is 2.43. The summed E-state index contributed by atoms with van der Waals surface area (Å²) < 4.78 is 13.7. The zero-order valence-electron chi connectivity index (χ0n) is 10.7. The van der Waals surface area contributed by atoms with Gasteiger partial charge in [-0.25, -0.2) is 14.9 Å². The Morgan fingerprint density at radius 3 is 2.53 bits per heavy atom. The lowest BCUT2D eigenvalue weighted by molar-refractivity contribution is -0.124. The highest BCUT2D eigenvalue weighted by Crippen LogP contribution is 2.17. The summed E-state index contributed by atoms with van der Waals surface area (Å²) in [6, 6.07) is 0.904. The zero-order chi connectivity index (χ0) is 14.6. The number of rotatable bonds is 4. The Morgan fingerprint density at radius 2 is 2.05 bits per heavy atom. The molecular weight excluding hydrogens is 255 g/mol. The molecule has 0 atom stereocenters. The van der Waals surface area contributed by atoms with E-state index in [4.69, 9.17) is 5.21 Å². The first-order valence-electron chi connectivity index (χ1n) is 5.42. The number of halogens is 1. The third kappa shape index (κ3) is 3.38. The van der Waals surface area contributed by atoms with Crippen molar-refractivity contribution in [1.29, 1.82) is 0 Å². The standard InChI is InChI=1S/C11H15FN4O3/c1-11(2,10(18)13-3)15-8-7(12)4-6(5-14-8)9(17)16-19/h4-5,19H,1-3H3,(H,13,18)(H,14,15)(H,16,17). The third-order valence-electron chi connectivity index (χ3n) is 2.43. The maximum Gasteiger partial charge on any atom is 0.276 e. The molecule has 2 amide bonds. The maximum atomic E-state index is 13.7. The van der Waals surface area contributed by atoms with Gasteiger partial charge in [0.1, 0.15) is 5.54 Å². The zero-order valence-corrected chi connectivity index (χ0v) is 10.7. The number of nitrogens with zero attached hydrogens (tertiary/aromatic N) is 1. The number of anilines is 1. The molecule has 1 aromatic heterocycles. The molecule has 0 radical (unpaired) electrons. The highest BCUT2D eigenvalue weighted by atomic mass is 19.1. The second-order valence-corrected chi connectivity index (χ2v) is 4.32. The van der Waals surface area contributed by atoms with Crippen molar-refractivity contribution in [2.75, 3.05) is 12.4 Å². The lowest BCUT2D eigenvalue weighted by Crippen LogP contribution is -2.47. The van der Waals surface area contributed by atoms with Crippen LogP contribution in [0.5, 0.6) is 0 Å². The SMILES string of the molecule is CNC(=O)C(C)(C)Nc1ncc(C(=O)NO)cc1F. The molecule has 7 nitrogen and oxygen atoms in total. The summed E-state index contributed by atoms with van der Waals surface area (Å²) in [6.07, 6.45) is 1.08. The number of amides is 2. The van der Waals surface area contributed by atoms with Gasteiger partial charge in [0.2, 0.25) is 5.91 Å². The Kier molecular flexibility index (Phi) is 4.38. The predicted octanol–water partition coefficient (Wildman–Crippen LogP) is 0.276. The van der Waals surface area contributed by atoms with Crippen molar-refractivity contribution >= 4 is 17.6 Å². The first kappa shape index (κ1) is 14.8. The fraction of sp³-hybridized carbons (Fsp3) is 0.364. The molecule has 8 heteroatoms. The molecule has 104 valence electrons. The summed E-state index contributed by atoms with van der Waals surface area (Å²) in [6.45, 7) is 3.11. The van der Waals surface area contributed by atoms with Crippen LogP contribution in [-0.2, 0) is 4.79 Å². The molecule has 1 heterocycles. The van der Waals surface area contributed by atoms with Gasteiger partial charge in [0, 0.05) is 13.2 Å². The molecule has 0 aliphatic rings. The van der Waals surface area contributed by atoms with Gasteiger partial charge in [-0.1, -0.05) is 0 Å². The van der Waals surface area contributed by atoms with Gasteiger partial charge in [0.25, 0.3) is 5.91 Å². The molecule has 0 fully saturated rings. The van der Waals surface area contributed by atoms with E-state index in [2.05, 4.69) is 15.6 Å². The smallest absolute Gasteiger partial charge is 0.276 e. The molecular formula is C11H15FN4O3. The number of nitrogens with one attached hydrogen (secondary N) is 3. The van der Waals surface area contributed by atoms with Gasteiger partial charge >= 0.3 is 0 Å². The fourth-order valence-electron chi connectivity index (χ4n) is 1.38. The minimum atomic E-state index is -1.07. The number of likely N-dealkylation sites (N-methyl/N-ethyl adjacent to an activating group) is 1. The van der Waals surface area contributed by atoms with Crippen LogP contribution in [0.25, 0.3) is 0 Å². The van der Waals surface area contributed by atoms with E-state index in [1.165, 1.54) is 12.5 Å². The summed E-state index contributed by atoms with van der Waals surface area (Å²) in [7, 11) is 1.46. The number of aromatic nitrogens is 1. The molecule has 0 unspecified atom stereocenters. The van der Waals surface area contributed by atoms with E-state index in [0.717, 1.165) is 12.3 Å². The average Bonchev–Trinajstić information content (AvgIpc) is 2.38. The molecule has 1 rings (SSSR count). The fourth-order valence-corrected chi connectivity index (χ4v) is 1.38. The number of hydrogen-bond acceptors (Lipinski definition) is 5. The van der Waals surface area contributed by atoms with Gasteiger partial charge in [-0.05, 0) is 19.9 Å². The van der Waals surface area contributed by atoms with Crippen molar-refractivity contribution in [3.8, 4) is 0 Å². The summed E-state index contributed by atoms with van der Waals surface area (Å²) in [5.41, 5.74) is 0.171. The lowest BCUT2D eigenvalue weighted by Gasteiger charge is -2.25. The summed E-state index contributed by atoms with van der Waals surface area (Å²) in [5, 5.41) is 13.5. The van der Waals surface area contributed by atoms with Gasteiger partial charge in [-0.3, -0.25) is 14.8 Å². The molecule has 0 aromatic carbocycles. The molecule has 1 aromatic rings.